The van der Waals surface area contributed by atoms with Crippen molar-refractivity contribution in [3.8, 4) is 24.3 Å². The lowest BCUT2D eigenvalue weighted by Gasteiger charge is -2.17. The lowest BCUT2D eigenvalue weighted by atomic mass is 9.90. The van der Waals surface area contributed by atoms with Crippen molar-refractivity contribution in [2.45, 2.75) is 0 Å². The molecule has 0 fully saturated rings. The minimum atomic E-state index is -1.85. The molecule has 0 saturated heterocycles. The van der Waals surface area contributed by atoms with Crippen LogP contribution in [0, 0.1) is 80.2 Å². The average Bonchev–Trinajstić information content (AvgIpc) is 3.46. The third kappa shape index (κ3) is 2.57. The molecule has 0 aliphatic carbocycles. The number of hydrogen-bond acceptors (Lipinski definition) is 6. The third-order valence-electron chi connectivity index (χ3n) is 6.93. The summed E-state index contributed by atoms with van der Waals surface area (Å²) in [7, 11) is 2.33. The second-order valence-electron chi connectivity index (χ2n) is 8.71. The number of halogens is 6. The van der Waals surface area contributed by atoms with E-state index in [2.05, 4.69) is 9.97 Å². The predicted molar refractivity (Wildman–Crippen MR) is 127 cm³/mol. The highest BCUT2D eigenvalue weighted by atomic mass is 19.2. The third-order valence-corrected chi connectivity index (χ3v) is 6.93. The number of aromatic nitrogens is 4. The van der Waals surface area contributed by atoms with Crippen LogP contribution in [0.2, 0.25) is 0 Å². The molecular formula is C26H6F6N8. The van der Waals surface area contributed by atoms with E-state index in [4.69, 9.17) is 0 Å². The Labute approximate surface area is 216 Å². The summed E-state index contributed by atoms with van der Waals surface area (Å²) >= 11 is 0. The molecule has 192 valence electrons. The van der Waals surface area contributed by atoms with Gasteiger partial charge in [-0.1, -0.05) is 0 Å². The van der Waals surface area contributed by atoms with Crippen molar-refractivity contribution in [3.05, 3.63) is 45.9 Å². The van der Waals surface area contributed by atoms with E-state index in [1.807, 2.05) is 0 Å². The molecular weight excluding hydrogens is 538 g/mol. The van der Waals surface area contributed by atoms with Gasteiger partial charge in [-0.05, 0) is 0 Å². The van der Waals surface area contributed by atoms with Crippen molar-refractivity contribution >= 4 is 65.5 Å². The summed E-state index contributed by atoms with van der Waals surface area (Å²) in [5.41, 5.74) is -4.80. The molecule has 2 aromatic heterocycles. The molecule has 14 heteroatoms. The molecule has 0 aliphatic heterocycles. The number of hydrogen-bond donors (Lipinski definition) is 0. The van der Waals surface area contributed by atoms with Crippen LogP contribution < -0.4 is 11.0 Å². The number of nitriles is 4. The van der Waals surface area contributed by atoms with Gasteiger partial charge in [0.2, 0.25) is 0 Å². The fourth-order valence-electron chi connectivity index (χ4n) is 5.29. The Morgan fingerprint density at radius 1 is 0.500 bits per heavy atom. The normalized spacial score (nSPS) is 11.4. The average molecular weight is 544 g/mol. The first-order chi connectivity index (χ1) is 19.0. The molecule has 2 heterocycles. The Hall–Kier alpha value is -5.86. The van der Waals surface area contributed by atoms with Gasteiger partial charge in [0.25, 0.3) is 0 Å². The van der Waals surface area contributed by atoms with Crippen molar-refractivity contribution in [3.63, 3.8) is 0 Å². The number of fused-ring (bicyclic) bond motifs is 4. The van der Waals surface area contributed by atoms with Crippen molar-refractivity contribution in [2.24, 2.45) is 14.1 Å². The van der Waals surface area contributed by atoms with Gasteiger partial charge in [0.15, 0.2) is 57.0 Å². The quantitative estimate of drug-likeness (QED) is 0.212. The minimum Gasteiger partial charge on any atom is -0.325 e. The summed E-state index contributed by atoms with van der Waals surface area (Å²) in [5.74, 6) is -10.3. The molecule has 0 aliphatic rings. The number of rotatable bonds is 0. The van der Waals surface area contributed by atoms with E-state index in [-0.39, 0.29) is 0 Å². The molecule has 0 bridgehead atoms. The summed E-state index contributed by atoms with van der Waals surface area (Å²) < 4.78 is 96.6. The van der Waals surface area contributed by atoms with E-state index in [0.717, 1.165) is 23.2 Å². The molecule has 0 unspecified atom stereocenters. The summed E-state index contributed by atoms with van der Waals surface area (Å²) in [5, 5.41) is 31.7. The molecule has 0 N–H and O–H groups in total. The Morgan fingerprint density at radius 3 is 1.10 bits per heavy atom. The van der Waals surface area contributed by atoms with Crippen LogP contribution in [-0.2, 0) is 14.1 Å². The molecule has 0 amide bonds. The van der Waals surface area contributed by atoms with Crippen LogP contribution in [0.4, 0.5) is 26.3 Å². The standard InChI is InChI=1S/C26H6F6N8/c1-39-23-13-9-10-12(15(27)17(13)29)20(32)22-24(40(2)26(38-22)8(5-35)6-36)14(10)18(30)16(28)11(9)19(31)21(23)37-25(39)7(3-33)4-34/h1-2H3. The first kappa shape index (κ1) is 24.5. The molecule has 4 aromatic carbocycles. The van der Waals surface area contributed by atoms with Gasteiger partial charge in [-0.2, -0.15) is 21.0 Å². The second kappa shape index (κ2) is 7.83. The van der Waals surface area contributed by atoms with Gasteiger partial charge in [-0.25, -0.2) is 36.3 Å². The summed E-state index contributed by atoms with van der Waals surface area (Å²) in [4.78, 5) is 7.64. The van der Waals surface area contributed by atoms with Crippen LogP contribution in [-0.4, -0.2) is 19.1 Å². The Balaban J connectivity index is 2.11. The Kier molecular flexibility index (Phi) is 4.79. The smallest absolute Gasteiger partial charge is 0.172 e. The van der Waals surface area contributed by atoms with Crippen LogP contribution in [0.1, 0.15) is 0 Å². The molecule has 6 aromatic rings. The maximum atomic E-state index is 15.9. The molecule has 0 atom stereocenters. The Morgan fingerprint density at radius 2 is 0.800 bits per heavy atom. The van der Waals surface area contributed by atoms with Crippen molar-refractivity contribution in [2.75, 3.05) is 0 Å². The van der Waals surface area contributed by atoms with Crippen molar-refractivity contribution in [1.29, 1.82) is 21.0 Å². The van der Waals surface area contributed by atoms with Gasteiger partial charge < -0.3 is 9.13 Å². The predicted octanol–water partition coefficient (Wildman–Crippen LogP) is 3.59. The summed E-state index contributed by atoms with van der Waals surface area (Å²) in [6.07, 6.45) is 0. The Bertz CT molecular complexity index is 2300. The molecule has 0 radical (unpaired) electrons. The zero-order valence-electron chi connectivity index (χ0n) is 19.8. The van der Waals surface area contributed by atoms with E-state index < -0.39 is 111 Å². The van der Waals surface area contributed by atoms with E-state index >= 15 is 26.3 Å². The number of aryl methyl sites for hydroxylation is 2. The van der Waals surface area contributed by atoms with E-state index in [9.17, 15) is 21.0 Å². The van der Waals surface area contributed by atoms with Gasteiger partial charge in [0, 0.05) is 35.6 Å². The molecule has 8 nitrogen and oxygen atoms in total. The molecule has 0 spiro atoms. The fourth-order valence-corrected chi connectivity index (χ4v) is 5.29. The van der Waals surface area contributed by atoms with Crippen molar-refractivity contribution in [1.82, 2.24) is 19.1 Å². The number of imidazole rings is 2. The summed E-state index contributed by atoms with van der Waals surface area (Å²) in [6.45, 7) is 0. The lowest BCUT2D eigenvalue weighted by Crippen LogP contribution is -2.18. The van der Waals surface area contributed by atoms with Crippen LogP contribution >= 0.6 is 0 Å². The SMILES string of the molecule is Cn1c(=C(C#N)C#N)nc2c(F)c3c(F)c(F)c4c5c(c(F)c(F)c(c35)c21)c(F)c1nc(=C(C#N)C#N)n(C)c14. The summed E-state index contributed by atoms with van der Waals surface area (Å²) in [6, 6.07) is 6.14. The highest BCUT2D eigenvalue weighted by Crippen LogP contribution is 2.47. The first-order valence-corrected chi connectivity index (χ1v) is 11.0. The monoisotopic (exact) mass is 544 g/mol. The maximum Gasteiger partial charge on any atom is 0.172 e. The number of benzene rings is 4. The zero-order valence-corrected chi connectivity index (χ0v) is 19.8. The van der Waals surface area contributed by atoms with Gasteiger partial charge in [-0.3, -0.25) is 0 Å². The maximum absolute atomic E-state index is 15.9. The molecule has 0 saturated carbocycles. The molecule has 40 heavy (non-hydrogen) atoms. The number of nitrogens with zero attached hydrogens (tertiary/aromatic N) is 8. The zero-order chi connectivity index (χ0) is 28.9. The van der Waals surface area contributed by atoms with Gasteiger partial charge in [0.05, 0.1) is 21.8 Å². The van der Waals surface area contributed by atoms with E-state index in [1.54, 1.807) is 0 Å². The highest BCUT2D eigenvalue weighted by molar-refractivity contribution is 6.32. The van der Waals surface area contributed by atoms with Gasteiger partial charge >= 0.3 is 0 Å². The lowest BCUT2D eigenvalue weighted by molar-refractivity contribution is 0.516. The second-order valence-corrected chi connectivity index (χ2v) is 8.71. The minimum absolute atomic E-state index is 0.462. The van der Waals surface area contributed by atoms with Crippen LogP contribution in [0.25, 0.3) is 65.5 Å². The van der Waals surface area contributed by atoms with Gasteiger partial charge in [0.1, 0.15) is 35.3 Å². The largest absolute Gasteiger partial charge is 0.325 e. The van der Waals surface area contributed by atoms with E-state index in [0.29, 0.717) is 0 Å². The van der Waals surface area contributed by atoms with Crippen LogP contribution in [0.3, 0.4) is 0 Å². The van der Waals surface area contributed by atoms with E-state index in [1.165, 1.54) is 24.3 Å². The first-order valence-electron chi connectivity index (χ1n) is 11.0. The van der Waals surface area contributed by atoms with Crippen LogP contribution in [0.15, 0.2) is 0 Å². The highest BCUT2D eigenvalue weighted by Gasteiger charge is 2.34. The fraction of sp³-hybridized carbons (Fsp3) is 0.0769. The van der Waals surface area contributed by atoms with Crippen LogP contribution in [0.5, 0.6) is 0 Å². The molecule has 6 rings (SSSR count). The van der Waals surface area contributed by atoms with Gasteiger partial charge in [-0.15, -0.1) is 0 Å². The topological polar surface area (TPSA) is 131 Å². The van der Waals surface area contributed by atoms with Crippen molar-refractivity contribution < 1.29 is 26.3 Å².